The van der Waals surface area contributed by atoms with Crippen LogP contribution in [0, 0.1) is 23.2 Å². The van der Waals surface area contributed by atoms with Crippen molar-refractivity contribution in [2.24, 2.45) is 23.2 Å². The van der Waals surface area contributed by atoms with Crippen LogP contribution in [-0.4, -0.2) is 74.6 Å². The van der Waals surface area contributed by atoms with Crippen molar-refractivity contribution in [3.8, 4) is 0 Å². The molecule has 3 saturated heterocycles. The smallest absolute Gasteiger partial charge is 0.0105 e. The number of rotatable bonds is 4. The summed E-state index contributed by atoms with van der Waals surface area (Å²) in [5.74, 6) is 2.97. The number of hydrogen-bond donors (Lipinski definition) is 0. The highest BCUT2D eigenvalue weighted by atomic mass is 15.2. The van der Waals surface area contributed by atoms with Gasteiger partial charge in [0.05, 0.1) is 0 Å². The molecule has 3 heteroatoms. The standard InChI is InChI=1S/C11H21N.C9H18N2/c1-9(2)6-12-7-10-3-4-11(5-10)8-12;1-10(2)6-9-4-8(5-9)11(3)7-9/h9-11H,3-8H2,1-2H3;8H,4-7H2,1-3H3. The van der Waals surface area contributed by atoms with Gasteiger partial charge >= 0.3 is 0 Å². The first-order chi connectivity index (χ1) is 10.8. The lowest BCUT2D eigenvalue weighted by molar-refractivity contribution is 0.135. The highest BCUT2D eigenvalue weighted by Crippen LogP contribution is 2.51. The van der Waals surface area contributed by atoms with E-state index in [0.29, 0.717) is 5.41 Å². The zero-order valence-corrected chi connectivity index (χ0v) is 16.2. The summed E-state index contributed by atoms with van der Waals surface area (Å²) in [5, 5.41) is 0. The van der Waals surface area contributed by atoms with Crippen LogP contribution in [0.5, 0.6) is 0 Å². The van der Waals surface area contributed by atoms with Gasteiger partial charge in [0.1, 0.15) is 0 Å². The molecule has 0 aromatic rings. The monoisotopic (exact) mass is 321 g/mol. The van der Waals surface area contributed by atoms with E-state index in [9.17, 15) is 0 Å². The minimum atomic E-state index is 0.683. The SMILES string of the molecule is CC(C)CN1CC2CCC(C2)C1.CN(C)CC12CC(C1)N(C)C2. The Morgan fingerprint density at radius 3 is 2.13 bits per heavy atom. The Balaban J connectivity index is 0.000000136. The molecule has 0 N–H and O–H groups in total. The molecule has 3 aliphatic heterocycles. The Bertz CT molecular complexity index is 374. The summed E-state index contributed by atoms with van der Waals surface area (Å²) in [7, 11) is 6.62. The first-order valence-corrected chi connectivity index (χ1v) is 9.92. The lowest BCUT2D eigenvalue weighted by Crippen LogP contribution is -2.41. The van der Waals surface area contributed by atoms with E-state index in [0.717, 1.165) is 23.8 Å². The Labute approximate surface area is 144 Å². The molecule has 2 unspecified atom stereocenters. The molecule has 3 heterocycles. The molecule has 0 aromatic carbocycles. The maximum Gasteiger partial charge on any atom is 0.0105 e. The fourth-order valence-electron chi connectivity index (χ4n) is 5.87. The van der Waals surface area contributed by atoms with Crippen molar-refractivity contribution in [3.05, 3.63) is 0 Å². The minimum absolute atomic E-state index is 0.683. The van der Waals surface area contributed by atoms with Gasteiger partial charge in [-0.3, -0.25) is 0 Å². The van der Waals surface area contributed by atoms with E-state index in [1.54, 1.807) is 0 Å². The summed E-state index contributed by atoms with van der Waals surface area (Å²) in [4.78, 5) is 7.54. The van der Waals surface area contributed by atoms with Crippen LogP contribution in [0.1, 0.15) is 46.0 Å². The number of nitrogens with zero attached hydrogens (tertiary/aromatic N) is 3. The zero-order chi connectivity index (χ0) is 16.6. The van der Waals surface area contributed by atoms with Crippen LogP contribution in [0.15, 0.2) is 0 Å². The third kappa shape index (κ3) is 4.29. The van der Waals surface area contributed by atoms with Crippen LogP contribution in [0.4, 0.5) is 0 Å². The predicted molar refractivity (Wildman–Crippen MR) is 98.7 cm³/mol. The predicted octanol–water partition coefficient (Wildman–Crippen LogP) is 3.02. The maximum atomic E-state index is 2.69. The van der Waals surface area contributed by atoms with E-state index in [4.69, 9.17) is 0 Å². The highest BCUT2D eigenvalue weighted by molar-refractivity contribution is 5.07. The van der Waals surface area contributed by atoms with Gasteiger partial charge < -0.3 is 14.7 Å². The van der Waals surface area contributed by atoms with Crippen LogP contribution < -0.4 is 0 Å². The average Bonchev–Trinajstić information content (AvgIpc) is 2.98. The summed E-state index contributed by atoms with van der Waals surface area (Å²) in [6, 6.07) is 0.926. The second kappa shape index (κ2) is 7.01. The first kappa shape index (κ1) is 17.7. The van der Waals surface area contributed by atoms with Crippen LogP contribution in [0.3, 0.4) is 0 Å². The molecule has 0 aromatic heterocycles. The van der Waals surface area contributed by atoms with Gasteiger partial charge in [0.2, 0.25) is 0 Å². The van der Waals surface area contributed by atoms with Crippen LogP contribution in [0.2, 0.25) is 0 Å². The molecule has 2 atom stereocenters. The van der Waals surface area contributed by atoms with Gasteiger partial charge in [-0.2, -0.15) is 0 Å². The Morgan fingerprint density at radius 1 is 1.09 bits per heavy atom. The van der Waals surface area contributed by atoms with Crippen molar-refractivity contribution in [2.75, 3.05) is 53.9 Å². The lowest BCUT2D eigenvalue weighted by Gasteiger charge is -2.39. The van der Waals surface area contributed by atoms with Gasteiger partial charge in [-0.1, -0.05) is 13.8 Å². The van der Waals surface area contributed by atoms with Crippen molar-refractivity contribution in [3.63, 3.8) is 0 Å². The molecule has 5 fully saturated rings. The number of piperidine rings is 1. The van der Waals surface area contributed by atoms with Crippen molar-refractivity contribution >= 4 is 0 Å². The number of hydrogen-bond acceptors (Lipinski definition) is 3. The van der Waals surface area contributed by atoms with Gasteiger partial charge in [-0.05, 0) is 76.4 Å². The average molecular weight is 322 g/mol. The normalized spacial score (nSPS) is 39.5. The molecule has 3 nitrogen and oxygen atoms in total. The quantitative estimate of drug-likeness (QED) is 0.788. The lowest BCUT2D eigenvalue weighted by atomic mass is 9.70. The fraction of sp³-hybridized carbons (Fsp3) is 1.00. The zero-order valence-electron chi connectivity index (χ0n) is 16.2. The first-order valence-electron chi connectivity index (χ1n) is 9.92. The van der Waals surface area contributed by atoms with E-state index in [1.165, 1.54) is 64.8 Å². The maximum absolute atomic E-state index is 2.69. The molecule has 0 amide bonds. The van der Waals surface area contributed by atoms with E-state index >= 15 is 0 Å². The van der Waals surface area contributed by atoms with E-state index in [1.807, 2.05) is 0 Å². The van der Waals surface area contributed by atoms with Crippen LogP contribution in [-0.2, 0) is 0 Å². The molecule has 134 valence electrons. The fourth-order valence-corrected chi connectivity index (χ4v) is 5.87. The molecule has 4 bridgehead atoms. The van der Waals surface area contributed by atoms with Crippen molar-refractivity contribution < 1.29 is 0 Å². The summed E-state index contributed by atoms with van der Waals surface area (Å²) >= 11 is 0. The van der Waals surface area contributed by atoms with E-state index < -0.39 is 0 Å². The van der Waals surface area contributed by atoms with Gasteiger partial charge in [0.15, 0.2) is 0 Å². The van der Waals surface area contributed by atoms with Crippen molar-refractivity contribution in [1.29, 1.82) is 0 Å². The summed E-state index contributed by atoms with van der Waals surface area (Å²) in [5.41, 5.74) is 0.683. The molecular weight excluding hydrogens is 282 g/mol. The third-order valence-corrected chi connectivity index (χ3v) is 6.50. The van der Waals surface area contributed by atoms with Gasteiger partial charge in [-0.15, -0.1) is 0 Å². The molecule has 23 heavy (non-hydrogen) atoms. The molecule has 2 aliphatic carbocycles. The van der Waals surface area contributed by atoms with Crippen LogP contribution >= 0.6 is 0 Å². The number of fused-ring (bicyclic) bond motifs is 3. The topological polar surface area (TPSA) is 9.72 Å². The molecule has 0 radical (unpaired) electrons. The van der Waals surface area contributed by atoms with Crippen molar-refractivity contribution in [2.45, 2.75) is 52.0 Å². The molecular formula is C20H39N3. The van der Waals surface area contributed by atoms with Gasteiger partial charge in [0.25, 0.3) is 0 Å². The second-order valence-corrected chi connectivity index (χ2v) is 9.87. The van der Waals surface area contributed by atoms with E-state index in [2.05, 4.69) is 49.7 Å². The van der Waals surface area contributed by atoms with E-state index in [-0.39, 0.29) is 0 Å². The van der Waals surface area contributed by atoms with Gasteiger partial charge in [0, 0.05) is 38.8 Å². The minimum Gasteiger partial charge on any atom is -0.309 e. The Hall–Kier alpha value is -0.120. The van der Waals surface area contributed by atoms with Crippen LogP contribution in [0.25, 0.3) is 0 Å². The molecule has 0 spiro atoms. The van der Waals surface area contributed by atoms with Crippen molar-refractivity contribution in [1.82, 2.24) is 14.7 Å². The molecule has 5 rings (SSSR count). The Kier molecular flexibility index (Phi) is 5.40. The molecule has 2 saturated carbocycles. The van der Waals surface area contributed by atoms with Gasteiger partial charge in [-0.25, -0.2) is 0 Å². The summed E-state index contributed by atoms with van der Waals surface area (Å²) < 4.78 is 0. The largest absolute Gasteiger partial charge is 0.309 e. The summed E-state index contributed by atoms with van der Waals surface area (Å²) in [6.07, 6.45) is 7.45. The highest BCUT2D eigenvalue weighted by Gasteiger charge is 2.53. The Morgan fingerprint density at radius 2 is 1.70 bits per heavy atom. The summed E-state index contributed by atoms with van der Waals surface area (Å²) in [6.45, 7) is 11.4. The third-order valence-electron chi connectivity index (χ3n) is 6.50. The molecule has 5 aliphatic rings. The second-order valence-electron chi connectivity index (χ2n) is 9.87. The number of likely N-dealkylation sites (tertiary alicyclic amines) is 1.